The smallest absolute Gasteiger partial charge is 0.128 e. The van der Waals surface area contributed by atoms with E-state index in [0.717, 1.165) is 12.4 Å². The lowest BCUT2D eigenvalue weighted by molar-refractivity contribution is 0.684. The van der Waals surface area contributed by atoms with Crippen LogP contribution in [0.4, 0.5) is 5.82 Å². The van der Waals surface area contributed by atoms with E-state index in [2.05, 4.69) is 30.2 Å². The normalized spacial score (nSPS) is 10.1. The second-order valence-electron chi connectivity index (χ2n) is 3.66. The zero-order valence-corrected chi connectivity index (χ0v) is 9.21. The van der Waals surface area contributed by atoms with Gasteiger partial charge >= 0.3 is 0 Å². The van der Waals surface area contributed by atoms with Gasteiger partial charge in [-0.3, -0.25) is 0 Å². The van der Waals surface area contributed by atoms with Gasteiger partial charge in [0.05, 0.1) is 0 Å². The fourth-order valence-corrected chi connectivity index (χ4v) is 1.43. The monoisotopic (exact) mass is 192 g/mol. The molecule has 1 N–H and O–H groups in total. The van der Waals surface area contributed by atoms with Crippen molar-refractivity contribution < 1.29 is 0 Å². The first-order valence-electron chi connectivity index (χ1n) is 5.50. The van der Waals surface area contributed by atoms with Crippen LogP contribution in [-0.2, 0) is 0 Å². The molecule has 0 atom stereocenters. The van der Waals surface area contributed by atoms with E-state index in [9.17, 15) is 0 Å². The summed E-state index contributed by atoms with van der Waals surface area (Å²) in [4.78, 5) is 4.28. The Hall–Kier alpha value is -1.05. The van der Waals surface area contributed by atoms with Gasteiger partial charge in [0.1, 0.15) is 5.82 Å². The summed E-state index contributed by atoms with van der Waals surface area (Å²) in [5.74, 6) is 1.03. The summed E-state index contributed by atoms with van der Waals surface area (Å²) in [6, 6.07) is 4.05. The summed E-state index contributed by atoms with van der Waals surface area (Å²) in [6.07, 6.45) is 7.02. The molecule has 0 unspecified atom stereocenters. The van der Waals surface area contributed by atoms with Gasteiger partial charge in [-0.1, -0.05) is 32.3 Å². The Kier molecular flexibility index (Phi) is 5.05. The highest BCUT2D eigenvalue weighted by Gasteiger charge is 1.95. The highest BCUT2D eigenvalue weighted by atomic mass is 15.0. The molecule has 78 valence electrons. The van der Waals surface area contributed by atoms with Crippen molar-refractivity contribution in [1.29, 1.82) is 0 Å². The van der Waals surface area contributed by atoms with Gasteiger partial charge in [-0.15, -0.1) is 0 Å². The van der Waals surface area contributed by atoms with E-state index in [-0.39, 0.29) is 0 Å². The number of unbranched alkanes of at least 4 members (excludes halogenated alkanes) is 3. The van der Waals surface area contributed by atoms with Gasteiger partial charge in [0.2, 0.25) is 0 Å². The number of aromatic nitrogens is 1. The molecule has 0 saturated carbocycles. The highest BCUT2D eigenvalue weighted by molar-refractivity contribution is 5.42. The number of nitrogens with one attached hydrogen (secondary N) is 1. The Labute approximate surface area is 86.8 Å². The fourth-order valence-electron chi connectivity index (χ4n) is 1.43. The predicted molar refractivity (Wildman–Crippen MR) is 61.6 cm³/mol. The lowest BCUT2D eigenvalue weighted by Crippen LogP contribution is -2.04. The second kappa shape index (κ2) is 6.41. The van der Waals surface area contributed by atoms with Gasteiger partial charge in [-0.05, 0) is 25.0 Å². The van der Waals surface area contributed by atoms with Crippen LogP contribution in [0, 0.1) is 6.92 Å². The number of anilines is 1. The Morgan fingerprint density at radius 3 is 2.86 bits per heavy atom. The number of aryl methyl sites for hydroxylation is 1. The quantitative estimate of drug-likeness (QED) is 0.699. The van der Waals surface area contributed by atoms with Crippen molar-refractivity contribution in [2.24, 2.45) is 0 Å². The van der Waals surface area contributed by atoms with Crippen LogP contribution in [0.2, 0.25) is 0 Å². The van der Waals surface area contributed by atoms with E-state index in [1.807, 2.05) is 12.3 Å². The molecule has 2 heteroatoms. The first-order valence-corrected chi connectivity index (χ1v) is 5.50. The van der Waals surface area contributed by atoms with E-state index in [0.29, 0.717) is 0 Å². The number of nitrogens with zero attached hydrogens (tertiary/aromatic N) is 1. The molecule has 0 amide bonds. The maximum atomic E-state index is 4.28. The number of rotatable bonds is 6. The molecule has 0 radical (unpaired) electrons. The highest BCUT2D eigenvalue weighted by Crippen LogP contribution is 2.09. The minimum absolute atomic E-state index is 1.03. The molecule has 1 heterocycles. The van der Waals surface area contributed by atoms with Crippen LogP contribution in [0.5, 0.6) is 0 Å². The van der Waals surface area contributed by atoms with Crippen molar-refractivity contribution >= 4 is 5.82 Å². The van der Waals surface area contributed by atoms with Crippen molar-refractivity contribution in [2.45, 2.75) is 39.5 Å². The van der Waals surface area contributed by atoms with Crippen molar-refractivity contribution in [3.05, 3.63) is 23.9 Å². The molecule has 14 heavy (non-hydrogen) atoms. The first-order chi connectivity index (χ1) is 6.84. The molecule has 1 aromatic heterocycles. The first kappa shape index (κ1) is 11.0. The summed E-state index contributed by atoms with van der Waals surface area (Å²) >= 11 is 0. The van der Waals surface area contributed by atoms with Crippen LogP contribution < -0.4 is 5.32 Å². The van der Waals surface area contributed by atoms with E-state index in [4.69, 9.17) is 0 Å². The van der Waals surface area contributed by atoms with Crippen LogP contribution in [0.25, 0.3) is 0 Å². The molecule has 1 aromatic rings. The average Bonchev–Trinajstić information content (AvgIpc) is 2.20. The third kappa shape index (κ3) is 3.77. The topological polar surface area (TPSA) is 24.9 Å². The molecular formula is C12H20N2. The van der Waals surface area contributed by atoms with Crippen molar-refractivity contribution in [1.82, 2.24) is 4.98 Å². The maximum Gasteiger partial charge on any atom is 0.128 e. The van der Waals surface area contributed by atoms with Crippen LogP contribution in [0.15, 0.2) is 18.3 Å². The molecule has 0 spiro atoms. The molecule has 0 fully saturated rings. The van der Waals surface area contributed by atoms with E-state index >= 15 is 0 Å². The largest absolute Gasteiger partial charge is 0.370 e. The van der Waals surface area contributed by atoms with E-state index in [1.165, 1.54) is 31.2 Å². The minimum Gasteiger partial charge on any atom is -0.370 e. The standard InChI is InChI=1S/C12H20N2/c1-3-4-5-6-9-13-12-11(2)8-7-10-14-12/h7-8,10H,3-6,9H2,1-2H3,(H,13,14). The molecule has 1 rings (SSSR count). The van der Waals surface area contributed by atoms with Gasteiger partial charge < -0.3 is 5.32 Å². The van der Waals surface area contributed by atoms with Gasteiger partial charge in [0, 0.05) is 12.7 Å². The number of pyridine rings is 1. The molecule has 0 saturated heterocycles. The van der Waals surface area contributed by atoms with Gasteiger partial charge in [0.25, 0.3) is 0 Å². The summed E-state index contributed by atoms with van der Waals surface area (Å²) in [7, 11) is 0. The minimum atomic E-state index is 1.03. The molecule has 0 aliphatic rings. The SMILES string of the molecule is CCCCCCNc1ncccc1C. The van der Waals surface area contributed by atoms with Crippen molar-refractivity contribution in [3.63, 3.8) is 0 Å². The third-order valence-electron chi connectivity index (χ3n) is 2.33. The Balaban J connectivity index is 2.21. The maximum absolute atomic E-state index is 4.28. The Morgan fingerprint density at radius 2 is 2.14 bits per heavy atom. The summed E-state index contributed by atoms with van der Waals surface area (Å²) < 4.78 is 0. The molecule has 0 aliphatic carbocycles. The summed E-state index contributed by atoms with van der Waals surface area (Å²) in [5, 5.41) is 3.36. The molecule has 0 aliphatic heterocycles. The van der Waals surface area contributed by atoms with Crippen LogP contribution in [-0.4, -0.2) is 11.5 Å². The zero-order valence-electron chi connectivity index (χ0n) is 9.21. The van der Waals surface area contributed by atoms with E-state index in [1.54, 1.807) is 0 Å². The molecular weight excluding hydrogens is 172 g/mol. The van der Waals surface area contributed by atoms with Gasteiger partial charge in [-0.2, -0.15) is 0 Å². The lowest BCUT2D eigenvalue weighted by Gasteiger charge is -2.07. The van der Waals surface area contributed by atoms with Crippen LogP contribution >= 0.6 is 0 Å². The summed E-state index contributed by atoms with van der Waals surface area (Å²) in [6.45, 7) is 5.36. The average molecular weight is 192 g/mol. The fraction of sp³-hybridized carbons (Fsp3) is 0.583. The predicted octanol–water partition coefficient (Wildman–Crippen LogP) is 3.38. The Morgan fingerprint density at radius 1 is 1.29 bits per heavy atom. The third-order valence-corrected chi connectivity index (χ3v) is 2.33. The lowest BCUT2D eigenvalue weighted by atomic mass is 10.2. The molecule has 0 bridgehead atoms. The Bertz CT molecular complexity index is 258. The van der Waals surface area contributed by atoms with Crippen LogP contribution in [0.3, 0.4) is 0 Å². The van der Waals surface area contributed by atoms with E-state index < -0.39 is 0 Å². The van der Waals surface area contributed by atoms with Gasteiger partial charge in [-0.25, -0.2) is 4.98 Å². The molecule has 0 aromatic carbocycles. The van der Waals surface area contributed by atoms with Crippen molar-refractivity contribution in [2.75, 3.05) is 11.9 Å². The number of hydrogen-bond acceptors (Lipinski definition) is 2. The second-order valence-corrected chi connectivity index (χ2v) is 3.66. The zero-order chi connectivity index (χ0) is 10.2. The molecule has 2 nitrogen and oxygen atoms in total. The summed E-state index contributed by atoms with van der Waals surface area (Å²) in [5.41, 5.74) is 1.22. The van der Waals surface area contributed by atoms with Crippen molar-refractivity contribution in [3.8, 4) is 0 Å². The van der Waals surface area contributed by atoms with Crippen LogP contribution in [0.1, 0.15) is 38.2 Å². The number of hydrogen-bond donors (Lipinski definition) is 1. The van der Waals surface area contributed by atoms with Gasteiger partial charge in [0.15, 0.2) is 0 Å².